The first-order valence-electron chi connectivity index (χ1n) is 7.77. The van der Waals surface area contributed by atoms with Gasteiger partial charge in [-0.2, -0.15) is 0 Å². The Balaban J connectivity index is 0.00000261. The van der Waals surface area contributed by atoms with Crippen LogP contribution in [0, 0.1) is 24.4 Å². The van der Waals surface area contributed by atoms with E-state index in [1.54, 1.807) is 6.07 Å². The molecule has 27 heavy (non-hydrogen) atoms. The van der Waals surface area contributed by atoms with Gasteiger partial charge in [0.2, 0.25) is 0 Å². The number of benzene rings is 3. The van der Waals surface area contributed by atoms with Gasteiger partial charge in [-0.1, -0.05) is 49.4 Å². The molecule has 0 bridgehead atoms. The van der Waals surface area contributed by atoms with Crippen molar-refractivity contribution in [3.63, 3.8) is 0 Å². The van der Waals surface area contributed by atoms with E-state index >= 15 is 0 Å². The molecular weight excluding hydrogens is 356 g/mol. The third-order valence-electron chi connectivity index (χ3n) is 3.90. The van der Waals surface area contributed by atoms with Crippen molar-refractivity contribution in [2.75, 3.05) is 0 Å². The van der Waals surface area contributed by atoms with Crippen molar-refractivity contribution in [3.8, 4) is 28.0 Å². The number of ether oxygens (including phenoxy) is 1. The van der Waals surface area contributed by atoms with E-state index < -0.39 is 23.2 Å². The van der Waals surface area contributed by atoms with Crippen LogP contribution >= 0.6 is 0 Å². The van der Waals surface area contributed by atoms with Gasteiger partial charge in [-0.3, -0.25) is 0 Å². The van der Waals surface area contributed by atoms with Crippen LogP contribution in [-0.4, -0.2) is 0 Å². The molecule has 0 unspecified atom stereocenters. The van der Waals surface area contributed by atoms with Gasteiger partial charge in [-0.15, -0.1) is 0 Å². The number of aryl methyl sites for hydroxylation is 1. The summed E-state index contributed by atoms with van der Waals surface area (Å²) in [5.74, 6) is -3.47. The summed E-state index contributed by atoms with van der Waals surface area (Å²) in [5, 5.41) is 0. The standard InChI is InChI=1S/C21H14F4O.CH4/c1-13-2-4-14(5-3-13)15-6-7-17(18(23)10-15)16-11-19(24)21(20(25)12-16)26-9-8-22;/h2-12H,1H3;1H4/b9-8+;. The highest BCUT2D eigenvalue weighted by Crippen LogP contribution is 2.32. The number of hydrogen-bond acceptors (Lipinski definition) is 1. The normalized spacial score (nSPS) is 10.7. The second-order valence-corrected chi connectivity index (χ2v) is 5.71. The van der Waals surface area contributed by atoms with Gasteiger partial charge in [0.15, 0.2) is 17.4 Å². The summed E-state index contributed by atoms with van der Waals surface area (Å²) in [6, 6.07) is 13.9. The van der Waals surface area contributed by atoms with Crippen LogP contribution in [0.25, 0.3) is 22.3 Å². The Labute approximate surface area is 155 Å². The number of hydrogen-bond donors (Lipinski definition) is 0. The molecule has 0 radical (unpaired) electrons. The first-order chi connectivity index (χ1) is 12.5. The Bertz CT molecular complexity index is 940. The van der Waals surface area contributed by atoms with Crippen LogP contribution in [0.5, 0.6) is 5.75 Å². The minimum Gasteiger partial charge on any atom is -0.456 e. The summed E-state index contributed by atoms with van der Waals surface area (Å²) in [6.45, 7) is 1.95. The molecule has 3 aromatic carbocycles. The second-order valence-electron chi connectivity index (χ2n) is 5.71. The maximum absolute atomic E-state index is 14.5. The molecule has 0 saturated heterocycles. The molecule has 1 nitrogen and oxygen atoms in total. The summed E-state index contributed by atoms with van der Waals surface area (Å²) in [7, 11) is 0. The molecular formula is C22H18F4O. The third kappa shape index (κ3) is 4.37. The van der Waals surface area contributed by atoms with Gasteiger partial charge in [0.25, 0.3) is 0 Å². The predicted octanol–water partition coefficient (Wildman–Crippen LogP) is 7.20. The molecule has 0 atom stereocenters. The lowest BCUT2D eigenvalue weighted by Crippen LogP contribution is -1.94. The predicted molar refractivity (Wildman–Crippen MR) is 99.5 cm³/mol. The molecule has 0 spiro atoms. The quantitative estimate of drug-likeness (QED) is 0.346. The zero-order chi connectivity index (χ0) is 18.7. The Hall–Kier alpha value is -3.08. The van der Waals surface area contributed by atoms with E-state index in [2.05, 4.69) is 4.74 Å². The van der Waals surface area contributed by atoms with Crippen LogP contribution in [-0.2, 0) is 0 Å². The van der Waals surface area contributed by atoms with Gasteiger partial charge in [-0.05, 0) is 41.8 Å². The lowest BCUT2D eigenvalue weighted by molar-refractivity contribution is 0.399. The molecule has 5 heteroatoms. The minimum absolute atomic E-state index is 0. The molecule has 0 N–H and O–H groups in total. The van der Waals surface area contributed by atoms with Crippen LogP contribution in [0.15, 0.2) is 67.2 Å². The molecule has 140 valence electrons. The first kappa shape index (κ1) is 20.2. The molecule has 0 fully saturated rings. The fourth-order valence-electron chi connectivity index (χ4n) is 2.60. The van der Waals surface area contributed by atoms with Crippen LogP contribution in [0.3, 0.4) is 0 Å². The molecule has 0 aliphatic carbocycles. The van der Waals surface area contributed by atoms with Crippen LogP contribution in [0.4, 0.5) is 17.6 Å². The van der Waals surface area contributed by atoms with Gasteiger partial charge in [0, 0.05) is 5.56 Å². The molecule has 0 aliphatic heterocycles. The molecule has 3 rings (SSSR count). The monoisotopic (exact) mass is 374 g/mol. The number of halogens is 4. The molecule has 0 amide bonds. The van der Waals surface area contributed by atoms with Crippen LogP contribution in [0.2, 0.25) is 0 Å². The topological polar surface area (TPSA) is 9.23 Å². The Morgan fingerprint density at radius 3 is 1.85 bits per heavy atom. The van der Waals surface area contributed by atoms with Crippen molar-refractivity contribution in [1.82, 2.24) is 0 Å². The fraction of sp³-hybridized carbons (Fsp3) is 0.0909. The highest BCUT2D eigenvalue weighted by Gasteiger charge is 2.15. The van der Waals surface area contributed by atoms with Crippen molar-refractivity contribution in [2.24, 2.45) is 0 Å². The van der Waals surface area contributed by atoms with Crippen LogP contribution in [0.1, 0.15) is 13.0 Å². The highest BCUT2D eigenvalue weighted by molar-refractivity contribution is 5.71. The highest BCUT2D eigenvalue weighted by atomic mass is 19.1. The maximum atomic E-state index is 14.5. The lowest BCUT2D eigenvalue weighted by atomic mass is 9.99. The average Bonchev–Trinajstić information content (AvgIpc) is 2.61. The molecule has 0 saturated carbocycles. The van der Waals surface area contributed by atoms with E-state index in [1.165, 1.54) is 12.1 Å². The fourth-order valence-corrected chi connectivity index (χ4v) is 2.60. The SMILES string of the molecule is C.Cc1ccc(-c2ccc(-c3cc(F)c(O/C=C/F)c(F)c3)c(F)c2)cc1. The van der Waals surface area contributed by atoms with E-state index in [0.717, 1.165) is 23.3 Å². The maximum Gasteiger partial charge on any atom is 0.197 e. The smallest absolute Gasteiger partial charge is 0.197 e. The van der Waals surface area contributed by atoms with Gasteiger partial charge in [0.1, 0.15) is 18.4 Å². The van der Waals surface area contributed by atoms with Crippen molar-refractivity contribution in [2.45, 2.75) is 14.4 Å². The second kappa shape index (κ2) is 8.54. The van der Waals surface area contributed by atoms with Crippen molar-refractivity contribution < 1.29 is 22.3 Å². The molecule has 0 aliphatic rings. The van der Waals surface area contributed by atoms with E-state index in [-0.39, 0.29) is 24.9 Å². The largest absolute Gasteiger partial charge is 0.456 e. The Morgan fingerprint density at radius 1 is 0.741 bits per heavy atom. The summed E-state index contributed by atoms with van der Waals surface area (Å²) in [5.41, 5.74) is 2.64. The lowest BCUT2D eigenvalue weighted by Gasteiger charge is -2.10. The molecule has 3 aromatic rings. The Kier molecular flexibility index (Phi) is 6.40. The Morgan fingerprint density at radius 2 is 1.30 bits per heavy atom. The number of rotatable bonds is 4. The van der Waals surface area contributed by atoms with Crippen LogP contribution < -0.4 is 4.74 Å². The summed E-state index contributed by atoms with van der Waals surface area (Å²) < 4.78 is 59.0. The summed E-state index contributed by atoms with van der Waals surface area (Å²) in [6.07, 6.45) is 0.522. The van der Waals surface area contributed by atoms with E-state index in [0.29, 0.717) is 11.8 Å². The van der Waals surface area contributed by atoms with E-state index in [4.69, 9.17) is 0 Å². The zero-order valence-corrected chi connectivity index (χ0v) is 13.8. The average molecular weight is 374 g/mol. The first-order valence-corrected chi connectivity index (χ1v) is 7.77. The molecule has 0 aromatic heterocycles. The van der Waals surface area contributed by atoms with Crippen molar-refractivity contribution in [1.29, 1.82) is 0 Å². The van der Waals surface area contributed by atoms with E-state index in [9.17, 15) is 17.6 Å². The zero-order valence-electron chi connectivity index (χ0n) is 13.8. The van der Waals surface area contributed by atoms with Gasteiger partial charge in [0.05, 0.1) is 0 Å². The van der Waals surface area contributed by atoms with Gasteiger partial charge in [-0.25, -0.2) is 17.6 Å². The van der Waals surface area contributed by atoms with Crippen molar-refractivity contribution >= 4 is 0 Å². The third-order valence-corrected chi connectivity index (χ3v) is 3.90. The van der Waals surface area contributed by atoms with Gasteiger partial charge >= 0.3 is 0 Å². The van der Waals surface area contributed by atoms with Crippen molar-refractivity contribution in [3.05, 3.63) is 90.2 Å². The molecule has 0 heterocycles. The summed E-state index contributed by atoms with van der Waals surface area (Å²) in [4.78, 5) is 0. The summed E-state index contributed by atoms with van der Waals surface area (Å²) >= 11 is 0. The minimum atomic E-state index is -1.06. The van der Waals surface area contributed by atoms with E-state index in [1.807, 2.05) is 31.2 Å². The van der Waals surface area contributed by atoms with Gasteiger partial charge < -0.3 is 4.74 Å².